The molecular formula is C14H17NO2S. The van der Waals surface area contributed by atoms with Crippen molar-refractivity contribution < 1.29 is 8.42 Å². The Bertz CT molecular complexity index is 581. The van der Waals surface area contributed by atoms with Gasteiger partial charge in [0.15, 0.2) is 9.84 Å². The summed E-state index contributed by atoms with van der Waals surface area (Å²) in [7, 11) is -3.08. The summed E-state index contributed by atoms with van der Waals surface area (Å²) in [5.41, 5.74) is 0.896. The van der Waals surface area contributed by atoms with Crippen LogP contribution < -0.4 is 5.32 Å². The van der Waals surface area contributed by atoms with E-state index in [4.69, 9.17) is 0 Å². The highest BCUT2D eigenvalue weighted by Gasteiger charge is 2.29. The van der Waals surface area contributed by atoms with E-state index in [0.717, 1.165) is 18.5 Å². The fraction of sp³-hybridized carbons (Fsp3) is 0.429. The number of benzene rings is 1. The van der Waals surface area contributed by atoms with Crippen LogP contribution in [0.1, 0.15) is 31.4 Å². The topological polar surface area (TPSA) is 46.2 Å². The molecule has 4 heteroatoms. The zero-order valence-corrected chi connectivity index (χ0v) is 11.3. The lowest BCUT2D eigenvalue weighted by Crippen LogP contribution is -2.30. The summed E-state index contributed by atoms with van der Waals surface area (Å²) >= 11 is 0. The molecule has 0 amide bonds. The van der Waals surface area contributed by atoms with Crippen LogP contribution in [0.25, 0.3) is 0 Å². The van der Waals surface area contributed by atoms with E-state index in [1.165, 1.54) is 0 Å². The third-order valence-electron chi connectivity index (χ3n) is 3.12. The lowest BCUT2D eigenvalue weighted by atomic mass is 10.0. The van der Waals surface area contributed by atoms with Crippen LogP contribution in [0.4, 0.5) is 0 Å². The van der Waals surface area contributed by atoms with Crippen LogP contribution in [0.3, 0.4) is 0 Å². The molecule has 0 saturated heterocycles. The largest absolute Gasteiger partial charge is 0.309 e. The minimum absolute atomic E-state index is 0.128. The molecule has 0 bridgehead atoms. The van der Waals surface area contributed by atoms with Gasteiger partial charge in [-0.2, -0.15) is 0 Å². The summed E-state index contributed by atoms with van der Waals surface area (Å²) in [5.74, 6) is 6.07. The Hall–Kier alpha value is -1.31. The van der Waals surface area contributed by atoms with E-state index in [0.29, 0.717) is 11.3 Å². The summed E-state index contributed by atoms with van der Waals surface area (Å²) in [6, 6.07) is 7.39. The van der Waals surface area contributed by atoms with Gasteiger partial charge < -0.3 is 5.32 Å². The second-order valence-corrected chi connectivity index (χ2v) is 6.41. The molecule has 1 N–H and O–H groups in total. The first-order valence-electron chi connectivity index (χ1n) is 6.10. The number of hydrogen-bond acceptors (Lipinski definition) is 3. The zero-order chi connectivity index (χ0) is 13.0. The molecule has 1 aromatic carbocycles. The van der Waals surface area contributed by atoms with Crippen LogP contribution in [-0.2, 0) is 9.84 Å². The summed E-state index contributed by atoms with van der Waals surface area (Å²) in [6.07, 6.45) is 1.43. The monoisotopic (exact) mass is 263 g/mol. The number of fused-ring (bicyclic) bond motifs is 1. The predicted molar refractivity (Wildman–Crippen MR) is 71.9 cm³/mol. The average molecular weight is 263 g/mol. The van der Waals surface area contributed by atoms with Gasteiger partial charge in [-0.1, -0.05) is 18.2 Å². The van der Waals surface area contributed by atoms with Gasteiger partial charge in [0, 0.05) is 19.0 Å². The van der Waals surface area contributed by atoms with E-state index >= 15 is 0 Å². The molecule has 2 rings (SSSR count). The quantitative estimate of drug-likeness (QED) is 0.669. The Morgan fingerprint density at radius 1 is 1.39 bits per heavy atom. The van der Waals surface area contributed by atoms with Crippen LogP contribution >= 0.6 is 0 Å². The highest BCUT2D eigenvalue weighted by molar-refractivity contribution is 7.91. The minimum Gasteiger partial charge on any atom is -0.309 e. The number of nitrogens with one attached hydrogen (secondary N) is 1. The molecule has 1 atom stereocenters. The molecule has 0 saturated carbocycles. The van der Waals surface area contributed by atoms with Crippen molar-refractivity contribution in [2.75, 3.05) is 12.3 Å². The lowest BCUT2D eigenvalue weighted by Gasteiger charge is -2.26. The van der Waals surface area contributed by atoms with E-state index in [2.05, 4.69) is 17.2 Å². The van der Waals surface area contributed by atoms with Crippen molar-refractivity contribution in [2.24, 2.45) is 0 Å². The molecule has 96 valence electrons. The average Bonchev–Trinajstić information content (AvgIpc) is 2.37. The zero-order valence-electron chi connectivity index (χ0n) is 10.4. The highest BCUT2D eigenvalue weighted by Crippen LogP contribution is 2.31. The first-order valence-corrected chi connectivity index (χ1v) is 7.75. The number of hydrogen-bond donors (Lipinski definition) is 1. The summed E-state index contributed by atoms with van der Waals surface area (Å²) in [4.78, 5) is 0.482. The normalized spacial score (nSPS) is 20.6. The van der Waals surface area contributed by atoms with Crippen molar-refractivity contribution >= 4 is 9.84 Å². The Labute approximate surface area is 109 Å². The van der Waals surface area contributed by atoms with Gasteiger partial charge in [0.05, 0.1) is 10.6 Å². The maximum Gasteiger partial charge on any atom is 0.178 e. The van der Waals surface area contributed by atoms with E-state index < -0.39 is 9.84 Å². The molecular weight excluding hydrogens is 246 g/mol. The van der Waals surface area contributed by atoms with Gasteiger partial charge in [0.1, 0.15) is 0 Å². The van der Waals surface area contributed by atoms with Gasteiger partial charge in [-0.05, 0) is 25.0 Å². The van der Waals surface area contributed by atoms with E-state index in [9.17, 15) is 8.42 Å². The van der Waals surface area contributed by atoms with Crippen LogP contribution in [0, 0.1) is 11.8 Å². The van der Waals surface area contributed by atoms with Crippen molar-refractivity contribution in [1.29, 1.82) is 0 Å². The molecule has 18 heavy (non-hydrogen) atoms. The van der Waals surface area contributed by atoms with Crippen LogP contribution in [0.2, 0.25) is 0 Å². The first kappa shape index (κ1) is 13.1. The molecule has 1 aliphatic rings. The molecule has 0 aliphatic carbocycles. The molecule has 1 unspecified atom stereocenters. The highest BCUT2D eigenvalue weighted by atomic mass is 32.2. The predicted octanol–water partition coefficient (Wildman–Crippen LogP) is 1.91. The Balaban J connectivity index is 2.17. The molecule has 0 aromatic heterocycles. The second-order valence-electron chi connectivity index (χ2n) is 4.33. The van der Waals surface area contributed by atoms with Crippen LogP contribution in [-0.4, -0.2) is 20.7 Å². The maximum atomic E-state index is 11.9. The van der Waals surface area contributed by atoms with Crippen molar-refractivity contribution in [3.8, 4) is 11.8 Å². The van der Waals surface area contributed by atoms with Gasteiger partial charge in [0.25, 0.3) is 0 Å². The molecule has 0 spiro atoms. The van der Waals surface area contributed by atoms with E-state index in [1.807, 2.05) is 19.1 Å². The van der Waals surface area contributed by atoms with Gasteiger partial charge in [0.2, 0.25) is 0 Å². The molecule has 0 radical (unpaired) electrons. The smallest absolute Gasteiger partial charge is 0.178 e. The van der Waals surface area contributed by atoms with Crippen molar-refractivity contribution in [2.45, 2.75) is 30.7 Å². The minimum atomic E-state index is -3.08. The molecule has 1 heterocycles. The van der Waals surface area contributed by atoms with E-state index in [1.54, 1.807) is 12.1 Å². The fourth-order valence-electron chi connectivity index (χ4n) is 2.24. The fourth-order valence-corrected chi connectivity index (χ4v) is 3.86. The van der Waals surface area contributed by atoms with Gasteiger partial charge >= 0.3 is 0 Å². The molecule has 1 aliphatic heterocycles. The molecule has 1 aromatic rings. The number of rotatable bonds is 3. The first-order chi connectivity index (χ1) is 8.65. The van der Waals surface area contributed by atoms with Crippen molar-refractivity contribution in [3.05, 3.63) is 29.8 Å². The van der Waals surface area contributed by atoms with Crippen molar-refractivity contribution in [1.82, 2.24) is 5.32 Å². The lowest BCUT2D eigenvalue weighted by molar-refractivity contribution is 0.498. The summed E-state index contributed by atoms with van der Waals surface area (Å²) < 4.78 is 23.9. The van der Waals surface area contributed by atoms with E-state index in [-0.39, 0.29) is 11.8 Å². The third-order valence-corrected chi connectivity index (χ3v) is 4.94. The summed E-state index contributed by atoms with van der Waals surface area (Å²) in [6.45, 7) is 2.61. The Kier molecular flexibility index (Phi) is 4.05. The Morgan fingerprint density at radius 3 is 2.94 bits per heavy atom. The van der Waals surface area contributed by atoms with Crippen molar-refractivity contribution in [3.63, 3.8) is 0 Å². The number of sulfone groups is 1. The standard InChI is InChI=1S/C14H17NO2S/c1-2-3-6-10-15-13-9-11-18(16,17)14-8-5-4-7-12(13)14/h4-5,7-8,13,15H,6,9-11H2,1H3. The van der Waals surface area contributed by atoms with Gasteiger partial charge in [-0.25, -0.2) is 8.42 Å². The van der Waals surface area contributed by atoms with Crippen LogP contribution in [0.15, 0.2) is 29.2 Å². The maximum absolute atomic E-state index is 11.9. The third kappa shape index (κ3) is 2.74. The van der Waals surface area contributed by atoms with Crippen LogP contribution in [0.5, 0.6) is 0 Å². The Morgan fingerprint density at radius 2 is 2.17 bits per heavy atom. The summed E-state index contributed by atoms with van der Waals surface area (Å²) in [5, 5.41) is 3.38. The van der Waals surface area contributed by atoms with Gasteiger partial charge in [-0.3, -0.25) is 0 Å². The molecule has 3 nitrogen and oxygen atoms in total. The SMILES string of the molecule is CC#CCCNC1CCS(=O)(=O)c2ccccc21. The molecule has 0 fully saturated rings. The van der Waals surface area contributed by atoms with Gasteiger partial charge in [-0.15, -0.1) is 11.8 Å². The second kappa shape index (κ2) is 5.55.